The Balaban J connectivity index is 4.34. The Hall–Kier alpha value is -1.63. The van der Waals surface area contributed by atoms with Gasteiger partial charge in [0.05, 0.1) is 6.42 Å². The molecule has 0 spiro atoms. The molecule has 0 aromatic rings. The third-order valence-corrected chi connectivity index (χ3v) is 2.33. The van der Waals surface area contributed by atoms with E-state index in [1.54, 1.807) is 0 Å². The van der Waals surface area contributed by atoms with E-state index < -0.39 is 30.3 Å². The fourth-order valence-electron chi connectivity index (χ4n) is 1.72. The Kier molecular flexibility index (Phi) is 6.47. The summed E-state index contributed by atoms with van der Waals surface area (Å²) < 4.78 is 0. The first-order valence-corrected chi connectivity index (χ1v) is 6.01. The number of carbonyl (C=O) groups is 3. The van der Waals surface area contributed by atoms with Gasteiger partial charge < -0.3 is 21.3 Å². The maximum absolute atomic E-state index is 11.6. The maximum atomic E-state index is 11.6. The largest absolute Gasteiger partial charge is 0.481 e. The van der Waals surface area contributed by atoms with Crippen LogP contribution in [0.15, 0.2) is 0 Å². The average molecular weight is 274 g/mol. The quantitative estimate of drug-likeness (QED) is 0.524. The summed E-state index contributed by atoms with van der Waals surface area (Å²) in [6.45, 7) is 5.94. The van der Waals surface area contributed by atoms with Gasteiger partial charge in [-0.1, -0.05) is 20.8 Å². The predicted octanol–water partition coefficient (Wildman–Crippen LogP) is 0.184. The molecule has 0 bridgehead atoms. The summed E-state index contributed by atoms with van der Waals surface area (Å²) in [5.41, 5.74) is 5.75. The molecule has 0 aliphatic carbocycles. The van der Waals surface area contributed by atoms with Gasteiger partial charge in [0.15, 0.2) is 0 Å². The van der Waals surface area contributed by atoms with E-state index in [1.807, 2.05) is 20.8 Å². The van der Waals surface area contributed by atoms with Crippen molar-refractivity contribution in [1.82, 2.24) is 5.32 Å². The zero-order chi connectivity index (χ0) is 15.2. The standard InChI is InChI=1S/C12H22N2O5/c1-12(2,3)6-7(13)4-9(15)14-8(11(18)19)5-10(16)17/h7-8H,4-6,13H2,1-3H3,(H,14,15)(H,16,17)(H,18,19). The van der Waals surface area contributed by atoms with Crippen molar-refractivity contribution in [2.24, 2.45) is 11.1 Å². The minimum atomic E-state index is -1.42. The molecule has 7 heteroatoms. The third-order valence-electron chi connectivity index (χ3n) is 2.33. The van der Waals surface area contributed by atoms with Gasteiger partial charge in [0.1, 0.15) is 6.04 Å². The van der Waals surface area contributed by atoms with E-state index in [2.05, 4.69) is 5.32 Å². The molecule has 110 valence electrons. The second kappa shape index (κ2) is 7.08. The van der Waals surface area contributed by atoms with Crippen LogP contribution in [0.5, 0.6) is 0 Å². The minimum Gasteiger partial charge on any atom is -0.481 e. The Morgan fingerprint density at radius 2 is 1.68 bits per heavy atom. The molecule has 0 aliphatic heterocycles. The van der Waals surface area contributed by atoms with Crippen molar-refractivity contribution in [3.8, 4) is 0 Å². The number of carboxylic acids is 2. The lowest BCUT2D eigenvalue weighted by molar-refractivity contribution is -0.147. The summed E-state index contributed by atoms with van der Waals surface area (Å²) in [7, 11) is 0. The van der Waals surface area contributed by atoms with Gasteiger partial charge >= 0.3 is 11.9 Å². The highest BCUT2D eigenvalue weighted by Gasteiger charge is 2.24. The van der Waals surface area contributed by atoms with Crippen molar-refractivity contribution in [3.05, 3.63) is 0 Å². The first-order valence-electron chi connectivity index (χ1n) is 6.01. The molecule has 19 heavy (non-hydrogen) atoms. The van der Waals surface area contributed by atoms with Gasteiger partial charge in [0, 0.05) is 12.5 Å². The van der Waals surface area contributed by atoms with Gasteiger partial charge in [0.2, 0.25) is 5.91 Å². The smallest absolute Gasteiger partial charge is 0.326 e. The highest BCUT2D eigenvalue weighted by molar-refractivity contribution is 5.86. The van der Waals surface area contributed by atoms with E-state index in [0.717, 1.165) is 0 Å². The monoisotopic (exact) mass is 274 g/mol. The van der Waals surface area contributed by atoms with Crippen LogP contribution in [0.1, 0.15) is 40.0 Å². The van der Waals surface area contributed by atoms with Gasteiger partial charge in [0.25, 0.3) is 0 Å². The summed E-state index contributed by atoms with van der Waals surface area (Å²) in [6, 6.07) is -1.81. The van der Waals surface area contributed by atoms with Crippen molar-refractivity contribution < 1.29 is 24.6 Å². The highest BCUT2D eigenvalue weighted by atomic mass is 16.4. The summed E-state index contributed by atoms with van der Waals surface area (Å²) in [4.78, 5) is 32.8. The van der Waals surface area contributed by atoms with E-state index >= 15 is 0 Å². The highest BCUT2D eigenvalue weighted by Crippen LogP contribution is 2.20. The van der Waals surface area contributed by atoms with Crippen molar-refractivity contribution in [2.45, 2.75) is 52.1 Å². The fourth-order valence-corrected chi connectivity index (χ4v) is 1.72. The topological polar surface area (TPSA) is 130 Å². The molecule has 2 atom stereocenters. The van der Waals surface area contributed by atoms with E-state index in [0.29, 0.717) is 6.42 Å². The minimum absolute atomic E-state index is 0.0271. The number of amides is 1. The van der Waals surface area contributed by atoms with Gasteiger partial charge in [-0.3, -0.25) is 9.59 Å². The fraction of sp³-hybridized carbons (Fsp3) is 0.750. The Morgan fingerprint density at radius 3 is 2.05 bits per heavy atom. The van der Waals surface area contributed by atoms with Crippen LogP contribution >= 0.6 is 0 Å². The molecule has 0 fully saturated rings. The van der Waals surface area contributed by atoms with Crippen LogP contribution in [0.25, 0.3) is 0 Å². The van der Waals surface area contributed by atoms with Crippen LogP contribution in [-0.2, 0) is 14.4 Å². The normalized spacial score (nSPS) is 14.5. The molecule has 0 rings (SSSR count). The molecule has 0 heterocycles. The number of hydrogen-bond acceptors (Lipinski definition) is 4. The van der Waals surface area contributed by atoms with Crippen LogP contribution in [0.4, 0.5) is 0 Å². The molecule has 5 N–H and O–H groups in total. The number of rotatable bonds is 7. The van der Waals surface area contributed by atoms with E-state index in [4.69, 9.17) is 15.9 Å². The average Bonchev–Trinajstić information content (AvgIpc) is 2.11. The molecule has 2 unspecified atom stereocenters. The van der Waals surface area contributed by atoms with Crippen molar-refractivity contribution >= 4 is 17.8 Å². The van der Waals surface area contributed by atoms with Crippen molar-refractivity contribution in [2.75, 3.05) is 0 Å². The molecule has 0 aliphatic rings. The lowest BCUT2D eigenvalue weighted by Crippen LogP contribution is -2.44. The lowest BCUT2D eigenvalue weighted by atomic mass is 9.87. The zero-order valence-electron chi connectivity index (χ0n) is 11.5. The van der Waals surface area contributed by atoms with Crippen LogP contribution in [0.3, 0.4) is 0 Å². The van der Waals surface area contributed by atoms with E-state index in [-0.39, 0.29) is 17.9 Å². The maximum Gasteiger partial charge on any atom is 0.326 e. The van der Waals surface area contributed by atoms with Crippen molar-refractivity contribution in [1.29, 1.82) is 0 Å². The Bertz CT molecular complexity index is 349. The van der Waals surface area contributed by atoms with Crippen LogP contribution < -0.4 is 11.1 Å². The van der Waals surface area contributed by atoms with Gasteiger partial charge in [-0.25, -0.2) is 4.79 Å². The summed E-state index contributed by atoms with van der Waals surface area (Å²) >= 11 is 0. The van der Waals surface area contributed by atoms with E-state index in [9.17, 15) is 14.4 Å². The van der Waals surface area contributed by atoms with Crippen LogP contribution in [0, 0.1) is 5.41 Å². The molecule has 0 saturated carbocycles. The number of carboxylic acid groups (broad SMARTS) is 2. The second-order valence-corrected chi connectivity index (χ2v) is 5.79. The van der Waals surface area contributed by atoms with Gasteiger partial charge in [-0.05, 0) is 11.8 Å². The second-order valence-electron chi connectivity index (χ2n) is 5.79. The summed E-state index contributed by atoms with van der Waals surface area (Å²) in [6.07, 6.45) is -0.0761. The molecule has 1 amide bonds. The van der Waals surface area contributed by atoms with E-state index in [1.165, 1.54) is 0 Å². The molecule has 7 nitrogen and oxygen atoms in total. The first kappa shape index (κ1) is 17.4. The molecule has 0 aromatic carbocycles. The first-order chi connectivity index (χ1) is 8.51. The lowest BCUT2D eigenvalue weighted by Gasteiger charge is -2.23. The SMILES string of the molecule is CC(C)(C)CC(N)CC(=O)NC(CC(=O)O)C(=O)O. The van der Waals surface area contributed by atoms with Crippen molar-refractivity contribution in [3.63, 3.8) is 0 Å². The summed E-state index contributed by atoms with van der Waals surface area (Å²) in [5, 5.41) is 19.5. The van der Waals surface area contributed by atoms with Gasteiger partial charge in [-0.2, -0.15) is 0 Å². The number of hydrogen-bond donors (Lipinski definition) is 4. The van der Waals surface area contributed by atoms with Gasteiger partial charge in [-0.15, -0.1) is 0 Å². The molecular weight excluding hydrogens is 252 g/mol. The third kappa shape index (κ3) is 9.01. The Morgan fingerprint density at radius 1 is 1.16 bits per heavy atom. The van der Waals surface area contributed by atoms with Crippen LogP contribution in [-0.4, -0.2) is 40.1 Å². The van der Waals surface area contributed by atoms with Crippen LogP contribution in [0.2, 0.25) is 0 Å². The number of nitrogens with two attached hydrogens (primary N) is 1. The number of nitrogens with one attached hydrogen (secondary N) is 1. The molecule has 0 aromatic heterocycles. The number of aliphatic carboxylic acids is 2. The molecule has 0 radical (unpaired) electrons. The Labute approximate surface area is 112 Å². The predicted molar refractivity (Wildman–Crippen MR) is 68.5 cm³/mol. The molecular formula is C12H22N2O5. The summed E-state index contributed by atoms with van der Waals surface area (Å²) in [5.74, 6) is -3.21. The number of carbonyl (C=O) groups excluding carboxylic acids is 1. The molecule has 0 saturated heterocycles. The zero-order valence-corrected chi connectivity index (χ0v) is 11.5.